The van der Waals surface area contributed by atoms with Crippen LogP contribution in [0.25, 0.3) is 0 Å². The average molecular weight is 265 g/mol. The molecule has 0 radical (unpaired) electrons. The molecule has 0 aliphatic carbocycles. The van der Waals surface area contributed by atoms with Crippen molar-refractivity contribution in [2.45, 2.75) is 40.2 Å². The highest BCUT2D eigenvalue weighted by atomic mass is 16.3. The van der Waals surface area contributed by atoms with Gasteiger partial charge < -0.3 is 16.2 Å². The lowest BCUT2D eigenvalue weighted by atomic mass is 9.89. The molecule has 0 spiro atoms. The van der Waals surface area contributed by atoms with Gasteiger partial charge in [-0.05, 0) is 24.8 Å². The molecule has 1 aromatic heterocycles. The van der Waals surface area contributed by atoms with Gasteiger partial charge >= 0.3 is 0 Å². The summed E-state index contributed by atoms with van der Waals surface area (Å²) in [5.41, 5.74) is 7.16. The summed E-state index contributed by atoms with van der Waals surface area (Å²) < 4.78 is 0. The number of nitrogens with one attached hydrogen (secondary N) is 1. The van der Waals surface area contributed by atoms with Gasteiger partial charge in [0.15, 0.2) is 0 Å². The molecule has 1 aromatic rings. The number of aromatic nitrogens is 1. The number of pyridine rings is 1. The van der Waals surface area contributed by atoms with Crippen molar-refractivity contribution in [1.29, 1.82) is 0 Å². The van der Waals surface area contributed by atoms with Gasteiger partial charge in [-0.1, -0.05) is 20.8 Å². The summed E-state index contributed by atoms with van der Waals surface area (Å²) in [7, 11) is 0. The van der Waals surface area contributed by atoms with Crippen molar-refractivity contribution in [2.24, 2.45) is 5.41 Å². The number of nitrogens with two attached hydrogens (primary N) is 1. The highest BCUT2D eigenvalue weighted by molar-refractivity contribution is 5.95. The quantitative estimate of drug-likeness (QED) is 0.769. The summed E-state index contributed by atoms with van der Waals surface area (Å²) in [6.45, 7) is 8.11. The number of aryl methyl sites for hydroxylation is 1. The van der Waals surface area contributed by atoms with Crippen molar-refractivity contribution in [3.05, 3.63) is 23.5 Å². The highest BCUT2D eigenvalue weighted by Crippen LogP contribution is 2.20. The summed E-state index contributed by atoms with van der Waals surface area (Å²) in [6, 6.07) is 1.59. The largest absolute Gasteiger partial charge is 0.397 e. The molecular formula is C14H23N3O2. The summed E-state index contributed by atoms with van der Waals surface area (Å²) in [5.74, 6) is -0.259. The van der Waals surface area contributed by atoms with E-state index in [1.165, 1.54) is 6.20 Å². The van der Waals surface area contributed by atoms with Gasteiger partial charge in [-0.15, -0.1) is 0 Å². The minimum Gasteiger partial charge on any atom is -0.397 e. The van der Waals surface area contributed by atoms with E-state index in [0.29, 0.717) is 23.4 Å². The fourth-order valence-electron chi connectivity index (χ4n) is 1.86. The van der Waals surface area contributed by atoms with E-state index in [1.807, 2.05) is 20.8 Å². The molecule has 19 heavy (non-hydrogen) atoms. The molecule has 4 N–H and O–H groups in total. The Labute approximate surface area is 114 Å². The Balaban J connectivity index is 2.58. The predicted molar refractivity (Wildman–Crippen MR) is 75.8 cm³/mol. The Morgan fingerprint density at radius 3 is 2.74 bits per heavy atom. The third-order valence-electron chi connectivity index (χ3n) is 2.70. The van der Waals surface area contributed by atoms with E-state index in [4.69, 9.17) is 5.73 Å². The van der Waals surface area contributed by atoms with E-state index >= 15 is 0 Å². The molecule has 1 unspecified atom stereocenters. The van der Waals surface area contributed by atoms with Gasteiger partial charge in [0.05, 0.1) is 29.2 Å². The maximum Gasteiger partial charge on any atom is 0.253 e. The molecule has 1 amide bonds. The van der Waals surface area contributed by atoms with E-state index < -0.39 is 6.10 Å². The number of rotatable bonds is 4. The molecule has 106 valence electrons. The average Bonchev–Trinajstić information content (AvgIpc) is 2.27. The van der Waals surface area contributed by atoms with Crippen LogP contribution in [-0.2, 0) is 0 Å². The molecule has 5 nitrogen and oxygen atoms in total. The number of nitrogens with zero attached hydrogens (tertiary/aromatic N) is 1. The van der Waals surface area contributed by atoms with Gasteiger partial charge in [0.2, 0.25) is 0 Å². The maximum absolute atomic E-state index is 12.0. The number of amides is 1. The van der Waals surface area contributed by atoms with Gasteiger partial charge in [-0.3, -0.25) is 9.78 Å². The number of carbonyl (C=O) groups is 1. The predicted octanol–water partition coefficient (Wildman–Crippen LogP) is 1.50. The van der Waals surface area contributed by atoms with Crippen molar-refractivity contribution in [1.82, 2.24) is 10.3 Å². The van der Waals surface area contributed by atoms with Crippen LogP contribution in [0.4, 0.5) is 5.69 Å². The second-order valence-corrected chi connectivity index (χ2v) is 6.03. The normalized spacial score (nSPS) is 13.1. The van der Waals surface area contributed by atoms with Gasteiger partial charge in [0.1, 0.15) is 0 Å². The first kappa shape index (κ1) is 15.4. The number of hydrogen-bond donors (Lipinski definition) is 3. The monoisotopic (exact) mass is 265 g/mol. The molecule has 0 aromatic carbocycles. The van der Waals surface area contributed by atoms with Crippen LogP contribution >= 0.6 is 0 Å². The van der Waals surface area contributed by atoms with Crippen LogP contribution in [0.1, 0.15) is 43.2 Å². The van der Waals surface area contributed by atoms with Crippen LogP contribution in [0, 0.1) is 12.3 Å². The van der Waals surface area contributed by atoms with Crippen molar-refractivity contribution >= 4 is 11.6 Å². The van der Waals surface area contributed by atoms with Gasteiger partial charge in [-0.2, -0.15) is 0 Å². The first-order valence-electron chi connectivity index (χ1n) is 6.37. The van der Waals surface area contributed by atoms with Crippen molar-refractivity contribution in [3.63, 3.8) is 0 Å². The molecule has 1 rings (SSSR count). The third-order valence-corrected chi connectivity index (χ3v) is 2.70. The molecule has 0 saturated heterocycles. The zero-order chi connectivity index (χ0) is 14.6. The maximum atomic E-state index is 12.0. The first-order chi connectivity index (χ1) is 8.69. The summed E-state index contributed by atoms with van der Waals surface area (Å²) in [5, 5.41) is 12.6. The van der Waals surface area contributed by atoms with Crippen molar-refractivity contribution in [3.8, 4) is 0 Å². The van der Waals surface area contributed by atoms with Crippen LogP contribution in [-0.4, -0.2) is 28.6 Å². The lowest BCUT2D eigenvalue weighted by Gasteiger charge is -2.22. The molecule has 0 saturated carbocycles. The van der Waals surface area contributed by atoms with E-state index in [9.17, 15) is 9.90 Å². The molecule has 1 heterocycles. The minimum atomic E-state index is -0.557. The lowest BCUT2D eigenvalue weighted by molar-refractivity contribution is 0.0867. The Hall–Kier alpha value is -1.62. The SMILES string of the molecule is Cc1ncc(N)cc1C(=O)NCC(O)CC(C)(C)C. The number of nitrogen functional groups attached to an aromatic ring is 1. The zero-order valence-electron chi connectivity index (χ0n) is 12.0. The fourth-order valence-corrected chi connectivity index (χ4v) is 1.86. The molecule has 0 bridgehead atoms. The highest BCUT2D eigenvalue weighted by Gasteiger charge is 2.18. The lowest BCUT2D eigenvalue weighted by Crippen LogP contribution is -2.34. The van der Waals surface area contributed by atoms with Crippen LogP contribution in [0.15, 0.2) is 12.3 Å². The summed E-state index contributed by atoms with van der Waals surface area (Å²) >= 11 is 0. The van der Waals surface area contributed by atoms with Gasteiger partial charge in [-0.25, -0.2) is 0 Å². The molecule has 5 heteroatoms. The van der Waals surface area contributed by atoms with Crippen LogP contribution in [0.3, 0.4) is 0 Å². The van der Waals surface area contributed by atoms with E-state index in [-0.39, 0.29) is 17.9 Å². The van der Waals surface area contributed by atoms with Crippen molar-refractivity contribution < 1.29 is 9.90 Å². The second-order valence-electron chi connectivity index (χ2n) is 6.03. The molecule has 0 aliphatic heterocycles. The second kappa shape index (κ2) is 6.02. The third kappa shape index (κ3) is 5.26. The minimum absolute atomic E-state index is 0.0266. The van der Waals surface area contributed by atoms with E-state index in [2.05, 4.69) is 10.3 Å². The molecule has 1 atom stereocenters. The number of aliphatic hydroxyl groups is 1. The standard InChI is InChI=1S/C14H23N3O2/c1-9-12(5-10(15)7-16-9)13(19)17-8-11(18)6-14(2,3)4/h5,7,11,18H,6,8,15H2,1-4H3,(H,17,19). The summed E-state index contributed by atoms with van der Waals surface area (Å²) in [6.07, 6.45) is 1.58. The number of anilines is 1. The van der Waals surface area contributed by atoms with Crippen LogP contribution in [0.5, 0.6) is 0 Å². The van der Waals surface area contributed by atoms with E-state index in [0.717, 1.165) is 0 Å². The Kier molecular flexibility index (Phi) is 4.89. The fraction of sp³-hybridized carbons (Fsp3) is 0.571. The summed E-state index contributed by atoms with van der Waals surface area (Å²) in [4.78, 5) is 16.0. The Bertz CT molecular complexity index is 452. The number of carbonyl (C=O) groups excluding carboxylic acids is 1. The molecule has 0 aliphatic rings. The Morgan fingerprint density at radius 1 is 1.53 bits per heavy atom. The Morgan fingerprint density at radius 2 is 2.16 bits per heavy atom. The number of aliphatic hydroxyl groups excluding tert-OH is 1. The zero-order valence-corrected chi connectivity index (χ0v) is 12.0. The van der Waals surface area contributed by atoms with Crippen LogP contribution in [0.2, 0.25) is 0 Å². The number of hydrogen-bond acceptors (Lipinski definition) is 4. The first-order valence-corrected chi connectivity index (χ1v) is 6.37. The smallest absolute Gasteiger partial charge is 0.253 e. The van der Waals surface area contributed by atoms with Gasteiger partial charge in [0.25, 0.3) is 5.91 Å². The van der Waals surface area contributed by atoms with Crippen molar-refractivity contribution in [2.75, 3.05) is 12.3 Å². The topological polar surface area (TPSA) is 88.2 Å². The van der Waals surface area contributed by atoms with Crippen LogP contribution < -0.4 is 11.1 Å². The van der Waals surface area contributed by atoms with Gasteiger partial charge in [0, 0.05) is 6.54 Å². The molecule has 0 fully saturated rings. The molecular weight excluding hydrogens is 242 g/mol. The van der Waals surface area contributed by atoms with E-state index in [1.54, 1.807) is 13.0 Å².